The molecule has 4 rings (SSSR count). The highest BCUT2D eigenvalue weighted by Crippen LogP contribution is 2.53. The molecule has 2 aromatic carbocycles. The third-order valence-electron chi connectivity index (χ3n) is 5.57. The van der Waals surface area contributed by atoms with Crippen molar-refractivity contribution in [3.63, 3.8) is 0 Å². The van der Waals surface area contributed by atoms with Gasteiger partial charge in [-0.15, -0.1) is 11.8 Å². The quantitative estimate of drug-likeness (QED) is 0.313. The molecule has 0 amide bonds. The lowest BCUT2D eigenvalue weighted by Crippen LogP contribution is -2.15. The van der Waals surface area contributed by atoms with Crippen LogP contribution in [0.4, 0.5) is 8.78 Å². The van der Waals surface area contributed by atoms with E-state index in [9.17, 15) is 23.5 Å². The molecular weight excluding hydrogens is 514 g/mol. The Morgan fingerprint density at radius 3 is 2.54 bits per heavy atom. The van der Waals surface area contributed by atoms with Crippen molar-refractivity contribution in [2.75, 3.05) is 28.1 Å². The van der Waals surface area contributed by atoms with Gasteiger partial charge in [-0.05, 0) is 18.2 Å². The first-order valence-electron chi connectivity index (χ1n) is 10.8. The Balaban J connectivity index is 1.81. The number of fused-ring (bicyclic) bond motifs is 1. The van der Waals surface area contributed by atoms with E-state index in [1.54, 1.807) is 0 Å². The van der Waals surface area contributed by atoms with Gasteiger partial charge in [-0.2, -0.15) is 0 Å². The molecule has 1 aliphatic heterocycles. The van der Waals surface area contributed by atoms with E-state index < -0.39 is 34.7 Å². The molecule has 0 fully saturated rings. The molecule has 0 bridgehead atoms. The molecule has 37 heavy (non-hydrogen) atoms. The SMILES string of the molecule is COC(=O)C[C@@H](c1cc(OC)c2c(c1OC)OCO2)c1oc(CSc2ccc(F)cc2F)cc(=O)c1O. The zero-order chi connectivity index (χ0) is 26.7. The molecule has 196 valence electrons. The minimum atomic E-state index is -1.08. The number of carbonyl (C=O) groups excluding carboxylic acids is 1. The van der Waals surface area contributed by atoms with Gasteiger partial charge in [-0.1, -0.05) is 0 Å². The van der Waals surface area contributed by atoms with Gasteiger partial charge >= 0.3 is 5.97 Å². The first-order chi connectivity index (χ1) is 17.8. The van der Waals surface area contributed by atoms with Crippen LogP contribution >= 0.6 is 11.8 Å². The molecule has 2 heterocycles. The van der Waals surface area contributed by atoms with Gasteiger partial charge in [0.2, 0.25) is 29.5 Å². The summed E-state index contributed by atoms with van der Waals surface area (Å²) in [5.41, 5.74) is -0.486. The van der Waals surface area contributed by atoms with E-state index in [4.69, 9.17) is 28.1 Å². The van der Waals surface area contributed by atoms with Crippen LogP contribution in [0, 0.1) is 11.6 Å². The van der Waals surface area contributed by atoms with Crippen LogP contribution in [-0.4, -0.2) is 39.2 Å². The summed E-state index contributed by atoms with van der Waals surface area (Å²) < 4.78 is 60.0. The van der Waals surface area contributed by atoms with Crippen molar-refractivity contribution >= 4 is 17.7 Å². The number of halogens is 2. The number of methoxy groups -OCH3 is 3. The average molecular weight is 537 g/mol. The summed E-state index contributed by atoms with van der Waals surface area (Å²) in [6, 6.07) is 5.69. The Kier molecular flexibility index (Phi) is 7.77. The summed E-state index contributed by atoms with van der Waals surface area (Å²) in [5, 5.41) is 10.7. The van der Waals surface area contributed by atoms with E-state index in [0.717, 1.165) is 30.0 Å². The largest absolute Gasteiger partial charge is 0.502 e. The van der Waals surface area contributed by atoms with Gasteiger partial charge in [0.1, 0.15) is 17.4 Å². The maximum atomic E-state index is 14.1. The minimum absolute atomic E-state index is 0.0301. The van der Waals surface area contributed by atoms with Gasteiger partial charge in [0.15, 0.2) is 17.3 Å². The monoisotopic (exact) mass is 536 g/mol. The van der Waals surface area contributed by atoms with Gasteiger partial charge in [0, 0.05) is 22.6 Å². The Labute approximate surface area is 213 Å². The molecule has 0 aliphatic carbocycles. The molecule has 1 aliphatic rings. The van der Waals surface area contributed by atoms with Gasteiger partial charge in [0.05, 0.1) is 39.4 Å². The molecule has 1 atom stereocenters. The van der Waals surface area contributed by atoms with Gasteiger partial charge < -0.3 is 33.2 Å². The Bertz CT molecular complexity index is 1390. The smallest absolute Gasteiger partial charge is 0.306 e. The van der Waals surface area contributed by atoms with E-state index >= 15 is 0 Å². The maximum Gasteiger partial charge on any atom is 0.306 e. The normalized spacial score (nSPS) is 12.8. The molecule has 9 nitrogen and oxygen atoms in total. The fraction of sp³-hybridized carbons (Fsp3) is 0.280. The standard InChI is InChI=1S/C25H22F2O9S/c1-31-18-8-14(23(33-3)25-24(18)34-11-35-25)15(9-20(29)32-2)22-21(30)17(28)7-13(36-22)10-37-19-5-4-12(26)6-16(19)27/h4-8,15,30H,9-11H2,1-3H3/t15-/m0/s1. The number of esters is 1. The highest BCUT2D eigenvalue weighted by atomic mass is 32.2. The molecule has 12 heteroatoms. The Morgan fingerprint density at radius 1 is 1.11 bits per heavy atom. The number of ether oxygens (including phenoxy) is 5. The molecular formula is C25H22F2O9S. The minimum Gasteiger partial charge on any atom is -0.502 e. The third-order valence-corrected chi connectivity index (χ3v) is 6.64. The number of thioether (sulfide) groups is 1. The molecule has 1 N–H and O–H groups in total. The van der Waals surface area contributed by atoms with E-state index in [-0.39, 0.29) is 58.4 Å². The highest BCUT2D eigenvalue weighted by Gasteiger charge is 2.35. The van der Waals surface area contributed by atoms with Crippen molar-refractivity contribution in [3.8, 4) is 28.7 Å². The zero-order valence-electron chi connectivity index (χ0n) is 20.0. The van der Waals surface area contributed by atoms with Crippen molar-refractivity contribution in [2.45, 2.75) is 23.0 Å². The van der Waals surface area contributed by atoms with Crippen molar-refractivity contribution in [1.29, 1.82) is 0 Å². The van der Waals surface area contributed by atoms with Crippen LogP contribution in [0.1, 0.15) is 29.4 Å². The van der Waals surface area contributed by atoms with Gasteiger partial charge in [-0.3, -0.25) is 9.59 Å². The second kappa shape index (κ2) is 11.0. The van der Waals surface area contributed by atoms with E-state index in [1.165, 1.54) is 33.5 Å². The zero-order valence-corrected chi connectivity index (χ0v) is 20.8. The fourth-order valence-corrected chi connectivity index (χ4v) is 4.65. The molecule has 0 radical (unpaired) electrons. The highest BCUT2D eigenvalue weighted by molar-refractivity contribution is 7.98. The lowest BCUT2D eigenvalue weighted by atomic mass is 9.90. The second-order valence-electron chi connectivity index (χ2n) is 7.75. The van der Waals surface area contributed by atoms with Crippen molar-refractivity contribution in [3.05, 3.63) is 69.3 Å². The van der Waals surface area contributed by atoms with Crippen LogP contribution in [0.2, 0.25) is 0 Å². The van der Waals surface area contributed by atoms with Crippen molar-refractivity contribution < 1.29 is 46.8 Å². The molecule has 0 spiro atoms. The topological polar surface area (TPSA) is 114 Å². The van der Waals surface area contributed by atoms with E-state index in [2.05, 4.69) is 0 Å². The van der Waals surface area contributed by atoms with Crippen LogP contribution in [0.5, 0.6) is 28.7 Å². The van der Waals surface area contributed by atoms with Gasteiger partial charge in [0.25, 0.3) is 0 Å². The second-order valence-corrected chi connectivity index (χ2v) is 8.77. The van der Waals surface area contributed by atoms with Crippen molar-refractivity contribution in [2.24, 2.45) is 0 Å². The maximum absolute atomic E-state index is 14.1. The number of benzene rings is 2. The lowest BCUT2D eigenvalue weighted by molar-refractivity contribution is -0.140. The van der Waals surface area contributed by atoms with Crippen LogP contribution in [-0.2, 0) is 15.3 Å². The van der Waals surface area contributed by atoms with Crippen LogP contribution in [0.15, 0.2) is 44.4 Å². The first kappa shape index (κ1) is 26.1. The van der Waals surface area contributed by atoms with Crippen molar-refractivity contribution in [1.82, 2.24) is 0 Å². The Morgan fingerprint density at radius 2 is 1.86 bits per heavy atom. The predicted octanol–water partition coefficient (Wildman–Crippen LogP) is 4.36. The summed E-state index contributed by atoms with van der Waals surface area (Å²) in [6.07, 6.45) is -0.352. The summed E-state index contributed by atoms with van der Waals surface area (Å²) >= 11 is 0.959. The summed E-state index contributed by atoms with van der Waals surface area (Å²) in [6.45, 7) is -0.0971. The van der Waals surface area contributed by atoms with Gasteiger partial charge in [-0.25, -0.2) is 8.78 Å². The van der Waals surface area contributed by atoms with Crippen LogP contribution in [0.25, 0.3) is 0 Å². The summed E-state index contributed by atoms with van der Waals surface area (Å²) in [4.78, 5) is 25.2. The lowest BCUT2D eigenvalue weighted by Gasteiger charge is -2.21. The summed E-state index contributed by atoms with van der Waals surface area (Å²) in [5.74, 6) is -3.22. The summed E-state index contributed by atoms with van der Waals surface area (Å²) in [7, 11) is 3.98. The fourth-order valence-electron chi connectivity index (χ4n) is 3.85. The number of aromatic hydroxyl groups is 1. The van der Waals surface area contributed by atoms with E-state index in [1.807, 2.05) is 0 Å². The van der Waals surface area contributed by atoms with E-state index in [0.29, 0.717) is 5.56 Å². The molecule has 3 aromatic rings. The van der Waals surface area contributed by atoms with Crippen LogP contribution < -0.4 is 24.4 Å². The molecule has 0 saturated heterocycles. The number of carbonyl (C=O) groups is 1. The number of hydrogen-bond acceptors (Lipinski definition) is 10. The number of hydrogen-bond donors (Lipinski definition) is 1. The molecule has 0 saturated carbocycles. The average Bonchev–Trinajstić information content (AvgIpc) is 3.37. The predicted molar refractivity (Wildman–Crippen MR) is 127 cm³/mol. The van der Waals surface area contributed by atoms with Crippen LogP contribution in [0.3, 0.4) is 0 Å². The first-order valence-corrected chi connectivity index (χ1v) is 11.8. The third kappa shape index (κ3) is 5.29. The molecule has 0 unspecified atom stereocenters. The molecule has 1 aromatic heterocycles. The number of rotatable bonds is 9. The Hall–Kier alpha value is -3.93.